The Morgan fingerprint density at radius 3 is 2.95 bits per heavy atom. The molecule has 19 heavy (non-hydrogen) atoms. The molecule has 0 spiro atoms. The summed E-state index contributed by atoms with van der Waals surface area (Å²) in [5, 5.41) is 10.8. The van der Waals surface area contributed by atoms with Gasteiger partial charge in [0.15, 0.2) is 5.82 Å². The van der Waals surface area contributed by atoms with E-state index in [0.29, 0.717) is 16.4 Å². The van der Waals surface area contributed by atoms with Gasteiger partial charge in [0.2, 0.25) is 0 Å². The molecule has 1 aromatic carbocycles. The number of nitrogens with one attached hydrogen (secondary N) is 2. The van der Waals surface area contributed by atoms with E-state index in [-0.39, 0.29) is 5.91 Å². The van der Waals surface area contributed by atoms with Gasteiger partial charge >= 0.3 is 0 Å². The van der Waals surface area contributed by atoms with Crippen molar-refractivity contribution in [2.45, 2.75) is 0 Å². The third-order valence-corrected chi connectivity index (χ3v) is 3.02. The van der Waals surface area contributed by atoms with Crippen molar-refractivity contribution in [2.24, 2.45) is 0 Å². The van der Waals surface area contributed by atoms with E-state index < -0.39 is 0 Å². The Balaban J connectivity index is 1.94. The number of nitrogens with zero attached hydrogens (tertiary/aromatic N) is 2. The molecule has 94 valence electrons. The van der Waals surface area contributed by atoms with Crippen LogP contribution in [0.4, 0.5) is 5.82 Å². The van der Waals surface area contributed by atoms with Gasteiger partial charge in [0, 0.05) is 17.8 Å². The summed E-state index contributed by atoms with van der Waals surface area (Å²) in [6, 6.07) is 9.10. The van der Waals surface area contributed by atoms with Crippen LogP contribution < -0.4 is 5.32 Å². The maximum atomic E-state index is 12.1. The molecule has 0 aliphatic heterocycles. The first kappa shape index (κ1) is 11.7. The Hall–Kier alpha value is -2.40. The van der Waals surface area contributed by atoms with Crippen LogP contribution in [-0.2, 0) is 0 Å². The van der Waals surface area contributed by atoms with Crippen LogP contribution in [0.2, 0.25) is 5.02 Å². The average Bonchev–Trinajstić information content (AvgIpc) is 2.83. The number of fused-ring (bicyclic) bond motifs is 1. The predicted molar refractivity (Wildman–Crippen MR) is 73.3 cm³/mol. The second-order valence-corrected chi connectivity index (χ2v) is 4.33. The lowest BCUT2D eigenvalue weighted by molar-refractivity contribution is 0.102. The van der Waals surface area contributed by atoms with Crippen LogP contribution >= 0.6 is 11.6 Å². The zero-order chi connectivity index (χ0) is 13.2. The minimum Gasteiger partial charge on any atom is -0.305 e. The van der Waals surface area contributed by atoms with E-state index in [1.165, 1.54) is 12.4 Å². The molecule has 2 heterocycles. The van der Waals surface area contributed by atoms with Gasteiger partial charge < -0.3 is 5.32 Å². The summed E-state index contributed by atoms with van der Waals surface area (Å²) in [5.41, 5.74) is 1.22. The summed E-state index contributed by atoms with van der Waals surface area (Å²) in [6.45, 7) is 0. The maximum Gasteiger partial charge on any atom is 0.258 e. The molecule has 0 aliphatic carbocycles. The van der Waals surface area contributed by atoms with Crippen molar-refractivity contribution in [2.75, 3.05) is 5.32 Å². The Kier molecular flexibility index (Phi) is 2.89. The van der Waals surface area contributed by atoms with Gasteiger partial charge in [-0.25, -0.2) is 0 Å². The second-order valence-electron chi connectivity index (χ2n) is 3.93. The number of amides is 1. The van der Waals surface area contributed by atoms with Gasteiger partial charge in [-0.05, 0) is 18.2 Å². The van der Waals surface area contributed by atoms with Gasteiger partial charge in [-0.15, -0.1) is 0 Å². The first-order valence-corrected chi connectivity index (χ1v) is 5.97. The van der Waals surface area contributed by atoms with Crippen LogP contribution in [0.3, 0.4) is 0 Å². The molecular formula is C13H9ClN4O. The number of pyridine rings is 1. The number of carbonyl (C=O) groups excluding carboxylic acids is 1. The highest BCUT2D eigenvalue weighted by molar-refractivity contribution is 6.34. The number of halogens is 1. The third kappa shape index (κ3) is 2.15. The van der Waals surface area contributed by atoms with Crippen molar-refractivity contribution < 1.29 is 4.79 Å². The molecular weight excluding hydrogens is 264 g/mol. The molecule has 3 rings (SSSR count). The minimum absolute atomic E-state index is 0.305. The fourth-order valence-electron chi connectivity index (χ4n) is 1.79. The summed E-state index contributed by atoms with van der Waals surface area (Å²) in [5.74, 6) is 0.165. The van der Waals surface area contributed by atoms with Crippen molar-refractivity contribution in [3.05, 3.63) is 53.3 Å². The van der Waals surface area contributed by atoms with Crippen LogP contribution in [-0.4, -0.2) is 21.1 Å². The number of hydrogen-bond donors (Lipinski definition) is 2. The number of rotatable bonds is 2. The van der Waals surface area contributed by atoms with Crippen LogP contribution in [0, 0.1) is 0 Å². The first-order chi connectivity index (χ1) is 9.25. The van der Waals surface area contributed by atoms with E-state index in [4.69, 9.17) is 11.6 Å². The summed E-state index contributed by atoms with van der Waals surface area (Å²) in [6.07, 6.45) is 2.95. The predicted octanol–water partition coefficient (Wildman–Crippen LogP) is 2.86. The number of aromatic nitrogens is 3. The molecule has 0 atom stereocenters. The lowest BCUT2D eigenvalue weighted by Crippen LogP contribution is -2.13. The Bertz CT molecular complexity index is 753. The molecule has 0 bridgehead atoms. The first-order valence-electron chi connectivity index (χ1n) is 5.59. The molecule has 0 aliphatic rings. The zero-order valence-electron chi connectivity index (χ0n) is 9.72. The van der Waals surface area contributed by atoms with Crippen molar-refractivity contribution in [1.82, 2.24) is 15.2 Å². The standard InChI is InChI=1S/C13H9ClN4O/c14-10-7-15-6-5-8(10)13(19)16-12-9-3-1-2-4-11(9)17-18-12/h1-7H,(H2,16,17,18,19). The molecule has 0 unspecified atom stereocenters. The Morgan fingerprint density at radius 2 is 2.11 bits per heavy atom. The molecule has 0 saturated heterocycles. The second kappa shape index (κ2) is 4.70. The van der Waals surface area contributed by atoms with Gasteiger partial charge in [0.25, 0.3) is 5.91 Å². The Morgan fingerprint density at radius 1 is 1.26 bits per heavy atom. The van der Waals surface area contributed by atoms with E-state index in [9.17, 15) is 4.79 Å². The average molecular weight is 273 g/mol. The zero-order valence-corrected chi connectivity index (χ0v) is 10.5. The molecule has 3 aromatic rings. The third-order valence-electron chi connectivity index (χ3n) is 2.72. The summed E-state index contributed by atoms with van der Waals surface area (Å²) < 4.78 is 0. The normalized spacial score (nSPS) is 10.6. The van der Waals surface area contributed by atoms with Gasteiger partial charge in [0.05, 0.1) is 16.1 Å². The highest BCUT2D eigenvalue weighted by Crippen LogP contribution is 2.21. The van der Waals surface area contributed by atoms with Crippen molar-refractivity contribution in [3.8, 4) is 0 Å². The number of para-hydroxylation sites is 1. The lowest BCUT2D eigenvalue weighted by atomic mass is 10.2. The lowest BCUT2D eigenvalue weighted by Gasteiger charge is -2.03. The SMILES string of the molecule is O=C(Nc1n[nH]c2ccccc12)c1ccncc1Cl. The van der Waals surface area contributed by atoms with Crippen LogP contribution in [0.15, 0.2) is 42.7 Å². The van der Waals surface area contributed by atoms with Crippen molar-refractivity contribution >= 4 is 34.2 Å². The smallest absolute Gasteiger partial charge is 0.258 e. The van der Waals surface area contributed by atoms with E-state index >= 15 is 0 Å². The number of aromatic amines is 1. The fourth-order valence-corrected chi connectivity index (χ4v) is 2.00. The van der Waals surface area contributed by atoms with Crippen LogP contribution in [0.5, 0.6) is 0 Å². The van der Waals surface area contributed by atoms with Crippen LogP contribution in [0.1, 0.15) is 10.4 Å². The van der Waals surface area contributed by atoms with E-state index in [0.717, 1.165) is 10.9 Å². The summed E-state index contributed by atoms with van der Waals surface area (Å²) in [7, 11) is 0. The van der Waals surface area contributed by atoms with E-state index in [1.807, 2.05) is 24.3 Å². The maximum absolute atomic E-state index is 12.1. The molecule has 0 radical (unpaired) electrons. The number of benzene rings is 1. The number of carbonyl (C=O) groups is 1. The largest absolute Gasteiger partial charge is 0.305 e. The van der Waals surface area contributed by atoms with Crippen molar-refractivity contribution in [3.63, 3.8) is 0 Å². The molecule has 2 aromatic heterocycles. The Labute approximate surface area is 113 Å². The van der Waals surface area contributed by atoms with Gasteiger partial charge in [-0.3, -0.25) is 14.9 Å². The molecule has 6 heteroatoms. The monoisotopic (exact) mass is 272 g/mol. The molecule has 0 saturated carbocycles. The summed E-state index contributed by atoms with van der Waals surface area (Å²) in [4.78, 5) is 15.9. The van der Waals surface area contributed by atoms with Gasteiger partial charge in [-0.1, -0.05) is 23.7 Å². The minimum atomic E-state index is -0.315. The topological polar surface area (TPSA) is 70.7 Å². The highest BCUT2D eigenvalue weighted by atomic mass is 35.5. The van der Waals surface area contributed by atoms with E-state index in [2.05, 4.69) is 20.5 Å². The number of hydrogen-bond acceptors (Lipinski definition) is 3. The summed E-state index contributed by atoms with van der Waals surface area (Å²) >= 11 is 5.93. The number of H-pyrrole nitrogens is 1. The molecule has 2 N–H and O–H groups in total. The molecule has 1 amide bonds. The van der Waals surface area contributed by atoms with Crippen LogP contribution in [0.25, 0.3) is 10.9 Å². The van der Waals surface area contributed by atoms with Gasteiger partial charge in [-0.2, -0.15) is 5.10 Å². The van der Waals surface area contributed by atoms with Crippen molar-refractivity contribution in [1.29, 1.82) is 0 Å². The van der Waals surface area contributed by atoms with Gasteiger partial charge in [0.1, 0.15) is 0 Å². The quantitative estimate of drug-likeness (QED) is 0.753. The highest BCUT2D eigenvalue weighted by Gasteiger charge is 2.13. The number of anilines is 1. The molecule has 0 fully saturated rings. The van der Waals surface area contributed by atoms with E-state index in [1.54, 1.807) is 6.07 Å². The fraction of sp³-hybridized carbons (Fsp3) is 0. The molecule has 5 nitrogen and oxygen atoms in total.